The minimum atomic E-state index is -0.167. The minimum absolute atomic E-state index is 0.167. The first-order valence-electron chi connectivity index (χ1n) is 6.72. The highest BCUT2D eigenvalue weighted by molar-refractivity contribution is 7.19. The summed E-state index contributed by atoms with van der Waals surface area (Å²) >= 11 is 3.38. The Hall–Kier alpha value is -1.23. The maximum atomic E-state index is 13.3. The molecule has 1 nitrogen and oxygen atoms in total. The fourth-order valence-corrected chi connectivity index (χ4v) is 4.16. The Balaban J connectivity index is 1.99. The van der Waals surface area contributed by atoms with Crippen molar-refractivity contribution in [3.63, 3.8) is 0 Å². The third-order valence-electron chi connectivity index (χ3n) is 3.26. The summed E-state index contributed by atoms with van der Waals surface area (Å²) < 4.78 is 14.3. The first kappa shape index (κ1) is 13.7. The molecule has 0 amide bonds. The predicted octanol–water partition coefficient (Wildman–Crippen LogP) is 5.19. The summed E-state index contributed by atoms with van der Waals surface area (Å²) in [5.41, 5.74) is 1.29. The van der Waals surface area contributed by atoms with Gasteiger partial charge in [-0.2, -0.15) is 11.3 Å². The lowest BCUT2D eigenvalue weighted by Gasteiger charge is -2.15. The van der Waals surface area contributed by atoms with E-state index >= 15 is 0 Å². The smallest absolute Gasteiger partial charge is 0.124 e. The molecule has 1 aromatic carbocycles. The Bertz CT molecular complexity index is 688. The van der Waals surface area contributed by atoms with Crippen molar-refractivity contribution in [1.29, 1.82) is 0 Å². The maximum Gasteiger partial charge on any atom is 0.124 e. The zero-order chi connectivity index (χ0) is 13.9. The van der Waals surface area contributed by atoms with E-state index in [9.17, 15) is 4.39 Å². The van der Waals surface area contributed by atoms with Crippen LogP contribution in [-0.4, -0.2) is 6.54 Å². The summed E-state index contributed by atoms with van der Waals surface area (Å²) in [5, 5.41) is 8.98. The van der Waals surface area contributed by atoms with Gasteiger partial charge in [0.25, 0.3) is 0 Å². The van der Waals surface area contributed by atoms with Gasteiger partial charge >= 0.3 is 0 Å². The van der Waals surface area contributed by atoms with E-state index in [2.05, 4.69) is 35.1 Å². The Labute approximate surface area is 126 Å². The van der Waals surface area contributed by atoms with Crippen molar-refractivity contribution >= 4 is 32.8 Å². The number of hydrogen-bond acceptors (Lipinski definition) is 3. The third kappa shape index (κ3) is 2.77. The Morgan fingerprint density at radius 1 is 1.25 bits per heavy atom. The summed E-state index contributed by atoms with van der Waals surface area (Å²) in [7, 11) is 0. The molecule has 2 aromatic heterocycles. The van der Waals surface area contributed by atoms with Crippen LogP contribution >= 0.6 is 22.7 Å². The molecule has 0 saturated heterocycles. The van der Waals surface area contributed by atoms with Gasteiger partial charge in [0.05, 0.1) is 6.04 Å². The average molecular weight is 305 g/mol. The van der Waals surface area contributed by atoms with Gasteiger partial charge in [-0.25, -0.2) is 4.39 Å². The molecule has 0 saturated carbocycles. The van der Waals surface area contributed by atoms with Gasteiger partial charge in [-0.15, -0.1) is 11.3 Å². The molecule has 0 spiro atoms. The SMILES string of the molecule is CCCNC(c1ccsc1)c1cc2ccc(F)cc2s1. The van der Waals surface area contributed by atoms with E-state index in [4.69, 9.17) is 0 Å². The van der Waals surface area contributed by atoms with E-state index in [1.807, 2.05) is 6.07 Å². The number of nitrogens with one attached hydrogen (secondary N) is 1. The zero-order valence-electron chi connectivity index (χ0n) is 11.2. The molecular formula is C16H16FNS2. The molecule has 4 heteroatoms. The van der Waals surface area contributed by atoms with Crippen molar-refractivity contribution < 1.29 is 4.39 Å². The monoisotopic (exact) mass is 305 g/mol. The van der Waals surface area contributed by atoms with Crippen LogP contribution in [0.4, 0.5) is 4.39 Å². The predicted molar refractivity (Wildman–Crippen MR) is 86.2 cm³/mol. The van der Waals surface area contributed by atoms with Crippen molar-refractivity contribution in [3.8, 4) is 0 Å². The van der Waals surface area contributed by atoms with Crippen LogP contribution in [0.3, 0.4) is 0 Å². The molecular weight excluding hydrogens is 289 g/mol. The summed E-state index contributed by atoms with van der Waals surface area (Å²) in [6.45, 7) is 3.14. The number of thiophene rings is 2. The van der Waals surface area contributed by atoms with Crippen molar-refractivity contribution in [2.75, 3.05) is 6.54 Å². The van der Waals surface area contributed by atoms with Gasteiger partial charge in [0.15, 0.2) is 0 Å². The number of halogens is 1. The molecule has 1 atom stereocenters. The second-order valence-electron chi connectivity index (χ2n) is 4.77. The summed E-state index contributed by atoms with van der Waals surface area (Å²) in [5.74, 6) is -0.167. The van der Waals surface area contributed by atoms with Crippen LogP contribution < -0.4 is 5.32 Å². The van der Waals surface area contributed by atoms with Crippen LogP contribution in [0.15, 0.2) is 41.1 Å². The van der Waals surface area contributed by atoms with Gasteiger partial charge in [0.1, 0.15) is 5.82 Å². The van der Waals surface area contributed by atoms with E-state index in [-0.39, 0.29) is 11.9 Å². The highest BCUT2D eigenvalue weighted by Crippen LogP contribution is 2.34. The first-order chi connectivity index (χ1) is 9.78. The second-order valence-corrected chi connectivity index (χ2v) is 6.67. The van der Waals surface area contributed by atoms with Crippen LogP contribution in [-0.2, 0) is 0 Å². The topological polar surface area (TPSA) is 12.0 Å². The molecule has 1 N–H and O–H groups in total. The summed E-state index contributed by atoms with van der Waals surface area (Å²) in [6, 6.07) is 9.54. The number of rotatable bonds is 5. The maximum absolute atomic E-state index is 13.3. The standard InChI is InChI=1S/C16H16FNS2/c1-2-6-18-16(12-5-7-19-10-12)15-8-11-3-4-13(17)9-14(11)20-15/h3-5,7-10,16,18H,2,6H2,1H3. The molecule has 0 bridgehead atoms. The van der Waals surface area contributed by atoms with Gasteiger partial charge in [-0.3, -0.25) is 0 Å². The average Bonchev–Trinajstić information content (AvgIpc) is 3.08. The lowest BCUT2D eigenvalue weighted by atomic mass is 10.1. The number of hydrogen-bond donors (Lipinski definition) is 1. The Morgan fingerprint density at radius 3 is 2.90 bits per heavy atom. The molecule has 1 unspecified atom stereocenters. The van der Waals surface area contributed by atoms with Crippen molar-refractivity contribution in [3.05, 3.63) is 57.3 Å². The first-order valence-corrected chi connectivity index (χ1v) is 8.48. The molecule has 0 fully saturated rings. The normalized spacial score (nSPS) is 12.9. The van der Waals surface area contributed by atoms with Gasteiger partial charge in [-0.1, -0.05) is 13.0 Å². The van der Waals surface area contributed by atoms with Gasteiger partial charge in [0, 0.05) is 9.58 Å². The van der Waals surface area contributed by atoms with Crippen LogP contribution in [0.5, 0.6) is 0 Å². The van der Waals surface area contributed by atoms with E-state index in [1.165, 1.54) is 16.5 Å². The second kappa shape index (κ2) is 6.04. The van der Waals surface area contributed by atoms with Gasteiger partial charge in [-0.05, 0) is 58.9 Å². The molecule has 0 aliphatic rings. The van der Waals surface area contributed by atoms with Gasteiger partial charge in [0.2, 0.25) is 0 Å². The van der Waals surface area contributed by atoms with Crippen molar-refractivity contribution in [2.24, 2.45) is 0 Å². The minimum Gasteiger partial charge on any atom is -0.306 e. The zero-order valence-corrected chi connectivity index (χ0v) is 12.9. The van der Waals surface area contributed by atoms with E-state index < -0.39 is 0 Å². The molecule has 2 heterocycles. The lowest BCUT2D eigenvalue weighted by Crippen LogP contribution is -2.21. The van der Waals surface area contributed by atoms with Crippen molar-refractivity contribution in [2.45, 2.75) is 19.4 Å². The van der Waals surface area contributed by atoms with Crippen LogP contribution in [0.2, 0.25) is 0 Å². The fourth-order valence-electron chi connectivity index (χ4n) is 2.28. The summed E-state index contributed by atoms with van der Waals surface area (Å²) in [6.07, 6.45) is 1.10. The lowest BCUT2D eigenvalue weighted by molar-refractivity contribution is 0.607. The van der Waals surface area contributed by atoms with Crippen LogP contribution in [0, 0.1) is 5.82 Å². The molecule has 0 radical (unpaired) electrons. The third-order valence-corrected chi connectivity index (χ3v) is 5.12. The van der Waals surface area contributed by atoms with E-state index in [1.54, 1.807) is 28.7 Å². The van der Waals surface area contributed by atoms with Gasteiger partial charge < -0.3 is 5.32 Å². The molecule has 0 aliphatic carbocycles. The molecule has 3 aromatic rings. The quantitative estimate of drug-likeness (QED) is 0.684. The summed E-state index contributed by atoms with van der Waals surface area (Å²) in [4.78, 5) is 1.25. The number of fused-ring (bicyclic) bond motifs is 1. The van der Waals surface area contributed by atoms with Crippen LogP contribution in [0.25, 0.3) is 10.1 Å². The largest absolute Gasteiger partial charge is 0.306 e. The van der Waals surface area contributed by atoms with E-state index in [0.717, 1.165) is 23.1 Å². The number of benzene rings is 1. The Morgan fingerprint density at radius 2 is 2.15 bits per heavy atom. The van der Waals surface area contributed by atoms with E-state index in [0.29, 0.717) is 0 Å². The Kier molecular flexibility index (Phi) is 4.15. The van der Waals surface area contributed by atoms with Crippen LogP contribution in [0.1, 0.15) is 29.8 Å². The highest BCUT2D eigenvalue weighted by Gasteiger charge is 2.16. The fraction of sp³-hybridized carbons (Fsp3) is 0.250. The molecule has 3 rings (SSSR count). The molecule has 104 valence electrons. The van der Waals surface area contributed by atoms with Crippen molar-refractivity contribution in [1.82, 2.24) is 5.32 Å². The highest BCUT2D eigenvalue weighted by atomic mass is 32.1. The molecule has 20 heavy (non-hydrogen) atoms. The molecule has 0 aliphatic heterocycles.